The number of anilines is 1. The lowest BCUT2D eigenvalue weighted by Crippen LogP contribution is -2.26. The van der Waals surface area contributed by atoms with E-state index in [1.807, 2.05) is 29.6 Å². The van der Waals surface area contributed by atoms with Crippen molar-refractivity contribution in [2.75, 3.05) is 25.5 Å². The Morgan fingerprint density at radius 1 is 1.19 bits per heavy atom. The highest BCUT2D eigenvalue weighted by Gasteiger charge is 2.20. The normalized spacial score (nSPS) is 14.6. The van der Waals surface area contributed by atoms with E-state index in [9.17, 15) is 4.79 Å². The van der Waals surface area contributed by atoms with E-state index in [-0.39, 0.29) is 5.91 Å². The van der Waals surface area contributed by atoms with Crippen LogP contribution in [0, 0.1) is 6.92 Å². The lowest BCUT2D eigenvalue weighted by molar-refractivity contribution is 0.102. The largest absolute Gasteiger partial charge is 0.493 e. The van der Waals surface area contributed by atoms with Gasteiger partial charge in [0, 0.05) is 24.0 Å². The van der Waals surface area contributed by atoms with E-state index in [0.717, 1.165) is 48.5 Å². The van der Waals surface area contributed by atoms with Crippen molar-refractivity contribution in [1.82, 2.24) is 29.7 Å². The molecule has 0 aromatic carbocycles. The molecule has 4 aromatic rings. The van der Waals surface area contributed by atoms with Crippen LogP contribution in [0.25, 0.3) is 11.2 Å². The first-order valence-electron chi connectivity index (χ1n) is 10.7. The third-order valence-electron chi connectivity index (χ3n) is 5.77. The number of pyridine rings is 2. The van der Waals surface area contributed by atoms with Gasteiger partial charge in [0.05, 0.1) is 35.9 Å². The average molecular weight is 432 g/mol. The highest BCUT2D eigenvalue weighted by Crippen LogP contribution is 2.30. The summed E-state index contributed by atoms with van der Waals surface area (Å²) in [6.45, 7) is 3.93. The van der Waals surface area contributed by atoms with Gasteiger partial charge in [-0.2, -0.15) is 10.2 Å². The number of aryl methyl sites for hydroxylation is 1. The van der Waals surface area contributed by atoms with E-state index in [2.05, 4.69) is 26.8 Å². The number of nitrogens with zero attached hydrogens (tertiary/aromatic N) is 5. The van der Waals surface area contributed by atoms with Crippen LogP contribution in [-0.4, -0.2) is 50.5 Å². The summed E-state index contributed by atoms with van der Waals surface area (Å²) < 4.78 is 8.99. The Morgan fingerprint density at radius 3 is 2.81 bits per heavy atom. The van der Waals surface area contributed by atoms with Gasteiger partial charge in [0.2, 0.25) is 0 Å². The fourth-order valence-corrected chi connectivity index (χ4v) is 4.07. The molecule has 0 bridgehead atoms. The Kier molecular flexibility index (Phi) is 5.32. The number of amides is 1. The molecule has 0 atom stereocenters. The molecular weight excluding hydrogens is 406 g/mol. The standard InChI is InChI=1S/C23H25N7O2/c1-15-11-17(5-9-25-15)29-10-6-19(27-29)23(31)26-21-13-18-12-20(16-3-7-24-8-4-16)28-30(18)14-22(21)32-2/h5-6,9-14,16,24H,3-4,7-8H2,1-2H3,(H,26,31). The predicted molar refractivity (Wildman–Crippen MR) is 121 cm³/mol. The van der Waals surface area contributed by atoms with Crippen LogP contribution in [0.5, 0.6) is 5.75 Å². The number of aromatic nitrogens is 5. The smallest absolute Gasteiger partial charge is 0.276 e. The zero-order chi connectivity index (χ0) is 22.1. The Labute approximate surface area is 185 Å². The zero-order valence-electron chi connectivity index (χ0n) is 18.1. The number of nitrogens with one attached hydrogen (secondary N) is 2. The van der Waals surface area contributed by atoms with Crippen molar-refractivity contribution in [3.63, 3.8) is 0 Å². The van der Waals surface area contributed by atoms with Crippen molar-refractivity contribution >= 4 is 17.1 Å². The zero-order valence-corrected chi connectivity index (χ0v) is 18.1. The Hall–Kier alpha value is -3.72. The van der Waals surface area contributed by atoms with Gasteiger partial charge in [-0.1, -0.05) is 0 Å². The average Bonchev–Trinajstić information content (AvgIpc) is 3.46. The molecule has 32 heavy (non-hydrogen) atoms. The molecule has 0 radical (unpaired) electrons. The lowest BCUT2D eigenvalue weighted by Gasteiger charge is -2.20. The van der Waals surface area contributed by atoms with Crippen LogP contribution >= 0.6 is 0 Å². The summed E-state index contributed by atoms with van der Waals surface area (Å²) in [6.07, 6.45) is 7.42. The number of hydrogen-bond acceptors (Lipinski definition) is 6. The first-order chi connectivity index (χ1) is 15.6. The van der Waals surface area contributed by atoms with Crippen LogP contribution in [0.4, 0.5) is 5.69 Å². The number of rotatable bonds is 5. The Morgan fingerprint density at radius 2 is 2.03 bits per heavy atom. The summed E-state index contributed by atoms with van der Waals surface area (Å²) in [5.74, 6) is 0.672. The molecule has 1 saturated heterocycles. The van der Waals surface area contributed by atoms with Crippen molar-refractivity contribution in [2.24, 2.45) is 0 Å². The van der Waals surface area contributed by atoms with Gasteiger partial charge in [0.15, 0.2) is 11.4 Å². The summed E-state index contributed by atoms with van der Waals surface area (Å²) >= 11 is 0. The molecule has 1 fully saturated rings. The quantitative estimate of drug-likeness (QED) is 0.504. The van der Waals surface area contributed by atoms with Crippen LogP contribution in [0.3, 0.4) is 0 Å². The number of piperidine rings is 1. The molecule has 2 N–H and O–H groups in total. The van der Waals surface area contributed by atoms with E-state index >= 15 is 0 Å². The Bertz CT molecular complexity index is 1270. The number of hydrogen-bond donors (Lipinski definition) is 2. The molecule has 4 aromatic heterocycles. The highest BCUT2D eigenvalue weighted by atomic mass is 16.5. The summed E-state index contributed by atoms with van der Waals surface area (Å²) in [4.78, 5) is 17.1. The molecule has 9 nitrogen and oxygen atoms in total. The predicted octanol–water partition coefficient (Wildman–Crippen LogP) is 2.95. The summed E-state index contributed by atoms with van der Waals surface area (Å²) in [7, 11) is 1.58. The van der Waals surface area contributed by atoms with Gasteiger partial charge in [-0.25, -0.2) is 9.20 Å². The van der Waals surface area contributed by atoms with Crippen LogP contribution in [0.2, 0.25) is 0 Å². The van der Waals surface area contributed by atoms with Crippen LogP contribution in [0.15, 0.2) is 48.9 Å². The Balaban J connectivity index is 1.39. The molecule has 0 spiro atoms. The third-order valence-corrected chi connectivity index (χ3v) is 5.77. The second-order valence-electron chi connectivity index (χ2n) is 7.97. The van der Waals surface area contributed by atoms with Crippen molar-refractivity contribution in [2.45, 2.75) is 25.7 Å². The number of carbonyl (C=O) groups is 1. The summed E-state index contributed by atoms with van der Waals surface area (Å²) in [5.41, 5.74) is 4.60. The number of carbonyl (C=O) groups excluding carboxylic acids is 1. The molecule has 9 heteroatoms. The van der Waals surface area contributed by atoms with E-state index < -0.39 is 0 Å². The first-order valence-corrected chi connectivity index (χ1v) is 10.7. The van der Waals surface area contributed by atoms with Gasteiger partial charge in [-0.15, -0.1) is 0 Å². The maximum absolute atomic E-state index is 12.9. The number of ether oxygens (including phenoxy) is 1. The SMILES string of the molecule is COc1cn2nc(C3CCNCC3)cc2cc1NC(=O)c1ccn(-c2ccnc(C)c2)n1. The fourth-order valence-electron chi connectivity index (χ4n) is 4.07. The van der Waals surface area contributed by atoms with Gasteiger partial charge >= 0.3 is 0 Å². The van der Waals surface area contributed by atoms with E-state index in [1.54, 1.807) is 36.4 Å². The van der Waals surface area contributed by atoms with Crippen LogP contribution in [-0.2, 0) is 0 Å². The van der Waals surface area contributed by atoms with Crippen LogP contribution < -0.4 is 15.4 Å². The summed E-state index contributed by atoms with van der Waals surface area (Å²) in [5, 5.41) is 15.5. The van der Waals surface area contributed by atoms with Gasteiger partial charge < -0.3 is 15.4 Å². The molecule has 0 unspecified atom stereocenters. The fraction of sp³-hybridized carbons (Fsp3) is 0.304. The van der Waals surface area contributed by atoms with Gasteiger partial charge in [0.25, 0.3) is 5.91 Å². The topological polar surface area (TPSA) is 98.4 Å². The molecule has 0 aliphatic carbocycles. The molecular formula is C23H25N7O2. The van der Waals surface area contributed by atoms with Gasteiger partial charge in [0.1, 0.15) is 0 Å². The third kappa shape index (κ3) is 3.94. The van der Waals surface area contributed by atoms with Crippen molar-refractivity contribution in [3.8, 4) is 11.4 Å². The molecule has 1 aliphatic rings. The molecule has 5 heterocycles. The minimum absolute atomic E-state index is 0.310. The molecule has 0 saturated carbocycles. The van der Waals surface area contributed by atoms with Crippen molar-refractivity contribution in [3.05, 3.63) is 66.0 Å². The molecule has 1 amide bonds. The van der Waals surface area contributed by atoms with Crippen molar-refractivity contribution < 1.29 is 9.53 Å². The maximum Gasteiger partial charge on any atom is 0.276 e. The highest BCUT2D eigenvalue weighted by molar-refractivity contribution is 6.04. The molecule has 5 rings (SSSR count). The monoisotopic (exact) mass is 431 g/mol. The molecule has 164 valence electrons. The van der Waals surface area contributed by atoms with E-state index in [4.69, 9.17) is 9.84 Å². The second-order valence-corrected chi connectivity index (χ2v) is 7.97. The number of fused-ring (bicyclic) bond motifs is 1. The van der Waals surface area contributed by atoms with Crippen LogP contribution in [0.1, 0.15) is 40.6 Å². The van der Waals surface area contributed by atoms with Gasteiger partial charge in [-0.05, 0) is 63.2 Å². The van der Waals surface area contributed by atoms with Crippen molar-refractivity contribution in [1.29, 1.82) is 0 Å². The summed E-state index contributed by atoms with van der Waals surface area (Å²) in [6, 6.07) is 9.41. The first kappa shape index (κ1) is 20.2. The minimum Gasteiger partial charge on any atom is -0.493 e. The second kappa shape index (κ2) is 8.43. The van der Waals surface area contributed by atoms with Gasteiger partial charge in [-0.3, -0.25) is 9.78 Å². The van der Waals surface area contributed by atoms with E-state index in [0.29, 0.717) is 23.0 Å². The number of methoxy groups -OCH3 is 1. The lowest BCUT2D eigenvalue weighted by atomic mass is 9.95. The molecule has 1 aliphatic heterocycles. The maximum atomic E-state index is 12.9. The van der Waals surface area contributed by atoms with E-state index in [1.165, 1.54) is 0 Å². The minimum atomic E-state index is -0.310.